The summed E-state index contributed by atoms with van der Waals surface area (Å²) in [6.07, 6.45) is -2.90. The second kappa shape index (κ2) is 15.4. The highest BCUT2D eigenvalue weighted by Crippen LogP contribution is 2.38. The van der Waals surface area contributed by atoms with Gasteiger partial charge in [0.15, 0.2) is 0 Å². The Balaban J connectivity index is 1.74. The fourth-order valence-corrected chi connectivity index (χ4v) is 4.65. The Morgan fingerprint density at radius 1 is 0.902 bits per heavy atom. The molecule has 0 saturated heterocycles. The van der Waals surface area contributed by atoms with Crippen LogP contribution in [0.3, 0.4) is 0 Å². The summed E-state index contributed by atoms with van der Waals surface area (Å²) in [7, 11) is 1.30. The molecule has 3 rings (SSSR count). The lowest BCUT2D eigenvalue weighted by molar-refractivity contribution is -0.274. The minimum atomic E-state index is -4.75. The Labute approximate surface area is 242 Å². The normalized spacial score (nSPS) is 12.8. The monoisotopic (exact) mass is 591 g/mol. The molecule has 1 N–H and O–H groups in total. The Morgan fingerprint density at radius 3 is 2.10 bits per heavy atom. The number of carbonyl (C=O) groups excluding carboxylic acids is 2. The molecule has 0 aromatic heterocycles. The molecule has 220 valence electrons. The number of ether oxygens (including phenoxy) is 3. The number of hydrogen-bond donors (Lipinski definition) is 1. The third-order valence-corrected chi connectivity index (χ3v) is 6.80. The van der Waals surface area contributed by atoms with Gasteiger partial charge >= 0.3 is 12.3 Å². The van der Waals surface area contributed by atoms with Gasteiger partial charge in [0, 0.05) is 23.0 Å². The zero-order chi connectivity index (χ0) is 29.8. The van der Waals surface area contributed by atoms with Gasteiger partial charge in [-0.1, -0.05) is 61.3 Å². The number of methoxy groups -OCH3 is 1. The van der Waals surface area contributed by atoms with Crippen LogP contribution in [0.5, 0.6) is 5.75 Å². The van der Waals surface area contributed by atoms with E-state index in [2.05, 4.69) is 21.7 Å². The van der Waals surface area contributed by atoms with Crippen LogP contribution in [0.25, 0.3) is 0 Å². The molecule has 1 amide bonds. The fraction of sp³-hybridized carbons (Fsp3) is 0.355. The van der Waals surface area contributed by atoms with Crippen molar-refractivity contribution in [1.82, 2.24) is 5.32 Å². The highest BCUT2D eigenvalue weighted by atomic mass is 35.5. The lowest BCUT2D eigenvalue weighted by Crippen LogP contribution is -2.26. The third kappa shape index (κ3) is 10.4. The second-order valence-electron chi connectivity index (χ2n) is 9.46. The van der Waals surface area contributed by atoms with E-state index < -0.39 is 12.3 Å². The first-order chi connectivity index (χ1) is 19.6. The molecule has 10 heteroatoms. The van der Waals surface area contributed by atoms with Crippen molar-refractivity contribution in [1.29, 1.82) is 0 Å². The topological polar surface area (TPSA) is 73.9 Å². The van der Waals surface area contributed by atoms with Crippen molar-refractivity contribution in [2.45, 2.75) is 51.0 Å². The van der Waals surface area contributed by atoms with E-state index in [-0.39, 0.29) is 43.1 Å². The molecule has 0 aliphatic rings. The van der Waals surface area contributed by atoms with E-state index >= 15 is 0 Å². The van der Waals surface area contributed by atoms with Crippen LogP contribution >= 0.6 is 11.6 Å². The summed E-state index contributed by atoms with van der Waals surface area (Å²) in [5, 5.41) is 3.33. The zero-order valence-electron chi connectivity index (χ0n) is 22.9. The van der Waals surface area contributed by atoms with Crippen molar-refractivity contribution in [2.75, 3.05) is 20.3 Å². The van der Waals surface area contributed by atoms with Crippen molar-refractivity contribution in [3.63, 3.8) is 0 Å². The average Bonchev–Trinajstić information content (AvgIpc) is 2.95. The van der Waals surface area contributed by atoms with Gasteiger partial charge in [0.2, 0.25) is 0 Å². The van der Waals surface area contributed by atoms with Gasteiger partial charge in [0.25, 0.3) is 5.91 Å². The summed E-state index contributed by atoms with van der Waals surface area (Å²) in [6.45, 7) is 2.84. The molecule has 0 aliphatic carbocycles. The van der Waals surface area contributed by atoms with Gasteiger partial charge in [0.05, 0.1) is 26.7 Å². The first kappa shape index (κ1) is 32.0. The number of hydrogen-bond acceptors (Lipinski definition) is 5. The molecule has 0 aliphatic heterocycles. The molecule has 41 heavy (non-hydrogen) atoms. The maximum atomic E-state index is 12.5. The Hall–Kier alpha value is -3.56. The summed E-state index contributed by atoms with van der Waals surface area (Å²) in [4.78, 5) is 23.8. The molecular weight excluding hydrogens is 559 g/mol. The molecule has 0 spiro atoms. The molecule has 2 atom stereocenters. The number of alkyl halides is 3. The number of nitrogens with one attached hydrogen (secondary N) is 1. The molecule has 0 radical (unpaired) electrons. The predicted molar refractivity (Wildman–Crippen MR) is 150 cm³/mol. The van der Waals surface area contributed by atoms with Crippen molar-refractivity contribution in [3.05, 3.63) is 100 Å². The SMILES string of the molecule is CCCC(c1ccc(C(=O)NCCC(=O)OC)cc1)C(COCc1ccc(OC(F)(F)F)cc1)c1ccc(Cl)cc1. The molecule has 0 saturated carbocycles. The van der Waals surface area contributed by atoms with E-state index in [1.54, 1.807) is 12.1 Å². The van der Waals surface area contributed by atoms with Crippen LogP contribution in [-0.2, 0) is 20.9 Å². The van der Waals surface area contributed by atoms with Gasteiger partial charge in [0.1, 0.15) is 5.75 Å². The Kier molecular flexibility index (Phi) is 12.0. The zero-order valence-corrected chi connectivity index (χ0v) is 23.6. The summed E-state index contributed by atoms with van der Waals surface area (Å²) < 4.78 is 52.0. The highest BCUT2D eigenvalue weighted by molar-refractivity contribution is 6.30. The summed E-state index contributed by atoms with van der Waals surface area (Å²) in [5.74, 6) is -0.966. The maximum Gasteiger partial charge on any atom is 0.573 e. The maximum absolute atomic E-state index is 12.5. The van der Waals surface area contributed by atoms with Crippen molar-refractivity contribution >= 4 is 23.5 Å². The van der Waals surface area contributed by atoms with Crippen LogP contribution in [0.15, 0.2) is 72.8 Å². The smallest absolute Gasteiger partial charge is 0.469 e. The van der Waals surface area contributed by atoms with Crippen LogP contribution in [0.4, 0.5) is 13.2 Å². The number of halogens is 4. The van der Waals surface area contributed by atoms with Crippen molar-refractivity contribution < 1.29 is 37.0 Å². The van der Waals surface area contributed by atoms with E-state index in [0.717, 1.165) is 24.0 Å². The highest BCUT2D eigenvalue weighted by Gasteiger charge is 2.31. The molecule has 3 aromatic rings. The minimum absolute atomic E-state index is 0.0557. The number of esters is 1. The molecule has 0 heterocycles. The van der Waals surface area contributed by atoms with E-state index in [4.69, 9.17) is 16.3 Å². The molecule has 3 aromatic carbocycles. The van der Waals surface area contributed by atoms with Gasteiger partial charge in [-0.2, -0.15) is 0 Å². The Morgan fingerprint density at radius 2 is 1.51 bits per heavy atom. The minimum Gasteiger partial charge on any atom is -0.469 e. The lowest BCUT2D eigenvalue weighted by atomic mass is 9.79. The number of carbonyl (C=O) groups is 2. The third-order valence-electron chi connectivity index (χ3n) is 6.55. The second-order valence-corrected chi connectivity index (χ2v) is 9.90. The number of benzene rings is 3. The van der Waals surface area contributed by atoms with Crippen LogP contribution in [0.2, 0.25) is 5.02 Å². The number of amides is 1. The molecule has 0 bridgehead atoms. The average molecular weight is 592 g/mol. The Bertz CT molecular complexity index is 1250. The van der Waals surface area contributed by atoms with Crippen LogP contribution < -0.4 is 10.1 Å². The first-order valence-corrected chi connectivity index (χ1v) is 13.6. The fourth-order valence-electron chi connectivity index (χ4n) is 4.52. The lowest BCUT2D eigenvalue weighted by Gasteiger charge is -2.28. The van der Waals surface area contributed by atoms with Crippen molar-refractivity contribution in [2.24, 2.45) is 0 Å². The summed E-state index contributed by atoms with van der Waals surface area (Å²) >= 11 is 6.14. The van der Waals surface area contributed by atoms with Gasteiger partial charge in [-0.15, -0.1) is 13.2 Å². The quantitative estimate of drug-likeness (QED) is 0.198. The van der Waals surface area contributed by atoms with Gasteiger partial charge in [-0.25, -0.2) is 0 Å². The van der Waals surface area contributed by atoms with Gasteiger partial charge in [-0.3, -0.25) is 9.59 Å². The van der Waals surface area contributed by atoms with E-state index in [1.165, 1.54) is 31.4 Å². The van der Waals surface area contributed by atoms with Gasteiger partial charge < -0.3 is 19.5 Å². The summed E-state index contributed by atoms with van der Waals surface area (Å²) in [5.41, 5.74) is 3.26. The van der Waals surface area contributed by atoms with E-state index in [1.807, 2.05) is 36.4 Å². The molecule has 0 fully saturated rings. The van der Waals surface area contributed by atoms with E-state index in [9.17, 15) is 22.8 Å². The van der Waals surface area contributed by atoms with Crippen LogP contribution in [0, 0.1) is 0 Å². The first-order valence-electron chi connectivity index (χ1n) is 13.2. The molecule has 2 unspecified atom stereocenters. The van der Waals surface area contributed by atoms with Crippen LogP contribution in [0.1, 0.15) is 65.1 Å². The molecular formula is C31H33ClF3NO5. The standard InChI is InChI=1S/C31H33ClF3NO5/c1-3-4-27(22-7-9-24(10-8-22)30(38)36-18-17-29(37)39-2)28(23-11-13-25(32)14-12-23)20-40-19-21-5-15-26(16-6-21)41-31(33,34)35/h5-16,27-28H,3-4,17-20H2,1-2H3,(H,36,38). The predicted octanol–water partition coefficient (Wildman–Crippen LogP) is 7.42. The van der Waals surface area contributed by atoms with Crippen molar-refractivity contribution in [3.8, 4) is 5.75 Å². The van der Waals surface area contributed by atoms with Gasteiger partial charge in [-0.05, 0) is 65.4 Å². The van der Waals surface area contributed by atoms with Crippen LogP contribution in [-0.4, -0.2) is 38.5 Å². The summed E-state index contributed by atoms with van der Waals surface area (Å²) in [6, 6.07) is 20.6. The number of rotatable bonds is 14. The van der Waals surface area contributed by atoms with E-state index in [0.29, 0.717) is 22.8 Å². The largest absolute Gasteiger partial charge is 0.573 e. The molecule has 6 nitrogen and oxygen atoms in total.